The van der Waals surface area contributed by atoms with Crippen LogP contribution >= 0.6 is 0 Å². The average molecular weight is 344 g/mol. The topological polar surface area (TPSA) is 59.3 Å². The number of para-hydroxylation sites is 1. The van der Waals surface area contributed by atoms with Crippen molar-refractivity contribution in [2.24, 2.45) is 5.10 Å². The molecule has 3 aromatic rings. The van der Waals surface area contributed by atoms with Crippen LogP contribution in [-0.4, -0.2) is 15.3 Å². The molecular weight excluding hydrogens is 324 g/mol. The minimum Gasteiger partial charge on any atom is -0.288 e. The first-order valence-corrected chi connectivity index (χ1v) is 8.79. The van der Waals surface area contributed by atoms with Gasteiger partial charge in [-0.1, -0.05) is 48.5 Å². The van der Waals surface area contributed by atoms with E-state index in [9.17, 15) is 4.79 Å². The standard InChI is InChI=1S/C21H20N4O/c1-15-12-13-19(24-23-17-10-6-3-7-11-17)20-22-14-18(21(26)25(15)20)16-8-4-2-5-9-16/h2-11,14-15,23H,12-13H2,1H3/b24-19+. The Morgan fingerprint density at radius 1 is 1.08 bits per heavy atom. The Kier molecular flexibility index (Phi) is 4.35. The summed E-state index contributed by atoms with van der Waals surface area (Å²) in [6, 6.07) is 19.5. The lowest BCUT2D eigenvalue weighted by atomic mass is 10.0. The Morgan fingerprint density at radius 3 is 2.50 bits per heavy atom. The van der Waals surface area contributed by atoms with Crippen molar-refractivity contribution >= 4 is 11.4 Å². The van der Waals surface area contributed by atoms with Gasteiger partial charge in [0.05, 0.1) is 11.3 Å². The van der Waals surface area contributed by atoms with Crippen LogP contribution in [0, 0.1) is 0 Å². The molecule has 130 valence electrons. The van der Waals surface area contributed by atoms with Crippen LogP contribution in [0.1, 0.15) is 31.6 Å². The van der Waals surface area contributed by atoms with Gasteiger partial charge in [0.1, 0.15) is 5.71 Å². The highest BCUT2D eigenvalue weighted by molar-refractivity contribution is 5.98. The maximum absolute atomic E-state index is 13.1. The third-order valence-corrected chi connectivity index (χ3v) is 4.67. The Morgan fingerprint density at radius 2 is 1.77 bits per heavy atom. The molecular formula is C21H20N4O. The Labute approximate surface area is 152 Å². The van der Waals surface area contributed by atoms with Crippen molar-refractivity contribution in [2.45, 2.75) is 25.8 Å². The lowest BCUT2D eigenvalue weighted by molar-refractivity contribution is 0.472. The summed E-state index contributed by atoms with van der Waals surface area (Å²) >= 11 is 0. The van der Waals surface area contributed by atoms with Crippen molar-refractivity contribution in [3.8, 4) is 11.1 Å². The Bertz CT molecular complexity index is 994. The van der Waals surface area contributed by atoms with Gasteiger partial charge < -0.3 is 0 Å². The number of fused-ring (bicyclic) bond motifs is 1. The molecule has 2 heterocycles. The maximum Gasteiger partial charge on any atom is 0.261 e. The predicted octanol–water partition coefficient (Wildman–Crippen LogP) is 4.08. The molecule has 1 atom stereocenters. The smallest absolute Gasteiger partial charge is 0.261 e. The molecule has 0 saturated carbocycles. The van der Waals surface area contributed by atoms with Crippen LogP contribution in [0.2, 0.25) is 0 Å². The summed E-state index contributed by atoms with van der Waals surface area (Å²) in [5, 5.41) is 4.52. The highest BCUT2D eigenvalue weighted by Gasteiger charge is 2.25. The van der Waals surface area contributed by atoms with Crippen LogP contribution in [0.3, 0.4) is 0 Å². The highest BCUT2D eigenvalue weighted by atomic mass is 16.1. The second kappa shape index (κ2) is 6.96. The fourth-order valence-corrected chi connectivity index (χ4v) is 3.24. The minimum absolute atomic E-state index is 0.0131. The van der Waals surface area contributed by atoms with Crippen LogP contribution in [0.4, 0.5) is 5.69 Å². The first-order valence-electron chi connectivity index (χ1n) is 8.79. The number of hydrogen-bond acceptors (Lipinski definition) is 4. The predicted molar refractivity (Wildman–Crippen MR) is 104 cm³/mol. The Hall–Kier alpha value is -3.21. The quantitative estimate of drug-likeness (QED) is 0.728. The van der Waals surface area contributed by atoms with Gasteiger partial charge in [-0.25, -0.2) is 4.98 Å². The van der Waals surface area contributed by atoms with Crippen LogP contribution in [0.15, 0.2) is 76.8 Å². The third kappa shape index (κ3) is 3.04. The summed E-state index contributed by atoms with van der Waals surface area (Å²) in [5.41, 5.74) is 6.29. The fourth-order valence-electron chi connectivity index (χ4n) is 3.24. The molecule has 2 aromatic carbocycles. The van der Waals surface area contributed by atoms with E-state index in [1.165, 1.54) is 0 Å². The molecule has 1 aliphatic heterocycles. The van der Waals surface area contributed by atoms with Crippen LogP contribution in [-0.2, 0) is 0 Å². The number of hydrazone groups is 1. The van der Waals surface area contributed by atoms with E-state index in [4.69, 9.17) is 0 Å². The van der Waals surface area contributed by atoms with Crippen molar-refractivity contribution in [2.75, 3.05) is 5.43 Å². The monoisotopic (exact) mass is 344 g/mol. The molecule has 5 heteroatoms. The molecule has 26 heavy (non-hydrogen) atoms. The third-order valence-electron chi connectivity index (χ3n) is 4.67. The number of anilines is 1. The fraction of sp³-hybridized carbons (Fsp3) is 0.190. The highest BCUT2D eigenvalue weighted by Crippen LogP contribution is 2.24. The molecule has 1 N–H and O–H groups in total. The minimum atomic E-state index is -0.0131. The van der Waals surface area contributed by atoms with Gasteiger partial charge in [-0.15, -0.1) is 0 Å². The summed E-state index contributed by atoms with van der Waals surface area (Å²) in [6.45, 7) is 2.06. The number of hydrogen-bond donors (Lipinski definition) is 1. The summed E-state index contributed by atoms with van der Waals surface area (Å²) in [5.74, 6) is 0.650. The summed E-state index contributed by atoms with van der Waals surface area (Å²) in [6.07, 6.45) is 3.32. The van der Waals surface area contributed by atoms with E-state index in [2.05, 4.69) is 22.4 Å². The zero-order chi connectivity index (χ0) is 17.9. The van der Waals surface area contributed by atoms with Gasteiger partial charge >= 0.3 is 0 Å². The van der Waals surface area contributed by atoms with E-state index in [-0.39, 0.29) is 11.6 Å². The maximum atomic E-state index is 13.1. The number of benzene rings is 2. The number of nitrogens with one attached hydrogen (secondary N) is 1. The van der Waals surface area contributed by atoms with Gasteiger partial charge in [0, 0.05) is 12.2 Å². The van der Waals surface area contributed by atoms with Gasteiger partial charge in [0.15, 0.2) is 5.82 Å². The zero-order valence-corrected chi connectivity index (χ0v) is 14.6. The van der Waals surface area contributed by atoms with Crippen molar-refractivity contribution in [1.82, 2.24) is 9.55 Å². The van der Waals surface area contributed by atoms with Gasteiger partial charge in [0.2, 0.25) is 0 Å². The van der Waals surface area contributed by atoms with E-state index in [0.717, 1.165) is 29.8 Å². The molecule has 5 nitrogen and oxygen atoms in total. The van der Waals surface area contributed by atoms with Crippen LogP contribution in [0.25, 0.3) is 11.1 Å². The first kappa shape index (κ1) is 16.3. The van der Waals surface area contributed by atoms with E-state index < -0.39 is 0 Å². The molecule has 0 amide bonds. The van der Waals surface area contributed by atoms with Gasteiger partial charge in [0.25, 0.3) is 5.56 Å². The average Bonchev–Trinajstić information content (AvgIpc) is 2.69. The second-order valence-electron chi connectivity index (χ2n) is 6.46. The first-order chi connectivity index (χ1) is 12.7. The van der Waals surface area contributed by atoms with Crippen LogP contribution in [0.5, 0.6) is 0 Å². The molecule has 0 saturated heterocycles. The molecule has 0 spiro atoms. The largest absolute Gasteiger partial charge is 0.288 e. The molecule has 1 aliphatic rings. The normalized spacial score (nSPS) is 17.7. The number of rotatable bonds is 3. The Balaban J connectivity index is 1.75. The zero-order valence-electron chi connectivity index (χ0n) is 14.6. The van der Waals surface area contributed by atoms with E-state index in [0.29, 0.717) is 11.4 Å². The summed E-state index contributed by atoms with van der Waals surface area (Å²) in [4.78, 5) is 17.7. The molecule has 1 unspecified atom stereocenters. The number of aromatic nitrogens is 2. The van der Waals surface area contributed by atoms with Crippen molar-refractivity contribution in [3.63, 3.8) is 0 Å². The van der Waals surface area contributed by atoms with Gasteiger partial charge in [-0.3, -0.25) is 14.8 Å². The van der Waals surface area contributed by atoms with Gasteiger partial charge in [-0.2, -0.15) is 5.10 Å². The van der Waals surface area contributed by atoms with Crippen molar-refractivity contribution < 1.29 is 0 Å². The lowest BCUT2D eigenvalue weighted by Gasteiger charge is -2.25. The molecule has 1 aromatic heterocycles. The second-order valence-corrected chi connectivity index (χ2v) is 6.46. The van der Waals surface area contributed by atoms with Crippen molar-refractivity contribution in [1.29, 1.82) is 0 Å². The van der Waals surface area contributed by atoms with E-state index in [1.807, 2.05) is 60.7 Å². The van der Waals surface area contributed by atoms with E-state index in [1.54, 1.807) is 10.8 Å². The SMILES string of the molecule is CC1CC/C(=N\Nc2ccccc2)c2ncc(-c3ccccc3)c(=O)n21. The lowest BCUT2D eigenvalue weighted by Crippen LogP contribution is -2.35. The number of nitrogens with zero attached hydrogens (tertiary/aromatic N) is 3. The van der Waals surface area contributed by atoms with Crippen molar-refractivity contribution in [3.05, 3.63) is 83.0 Å². The molecule has 0 aliphatic carbocycles. The molecule has 0 radical (unpaired) electrons. The molecule has 4 rings (SSSR count). The molecule has 0 bridgehead atoms. The summed E-state index contributed by atoms with van der Waals surface area (Å²) in [7, 11) is 0. The van der Waals surface area contributed by atoms with Gasteiger partial charge in [-0.05, 0) is 37.5 Å². The van der Waals surface area contributed by atoms with Crippen LogP contribution < -0.4 is 11.0 Å². The van der Waals surface area contributed by atoms with E-state index >= 15 is 0 Å². The molecule has 0 fully saturated rings. The summed E-state index contributed by atoms with van der Waals surface area (Å²) < 4.78 is 1.78.